The van der Waals surface area contributed by atoms with Crippen LogP contribution < -0.4 is 10.1 Å². The Morgan fingerprint density at radius 3 is 2.46 bits per heavy atom. The van der Waals surface area contributed by atoms with Crippen molar-refractivity contribution in [2.75, 3.05) is 5.32 Å². The van der Waals surface area contributed by atoms with E-state index in [4.69, 9.17) is 16.3 Å². The van der Waals surface area contributed by atoms with Crippen LogP contribution in [0.15, 0.2) is 83.8 Å². The van der Waals surface area contributed by atoms with Crippen molar-refractivity contribution in [3.05, 3.63) is 89.4 Å². The summed E-state index contributed by atoms with van der Waals surface area (Å²) in [5.74, 6) is 1.30. The molecule has 1 atom stereocenters. The van der Waals surface area contributed by atoms with Gasteiger partial charge in [0, 0.05) is 21.4 Å². The lowest BCUT2D eigenvalue weighted by Gasteiger charge is -2.17. The number of carbonyl (C=O) groups is 1. The van der Waals surface area contributed by atoms with Crippen LogP contribution in [0.4, 0.5) is 5.69 Å². The molecule has 1 amide bonds. The van der Waals surface area contributed by atoms with Crippen molar-refractivity contribution in [1.82, 2.24) is 0 Å². The second kappa shape index (κ2) is 10.2. The van der Waals surface area contributed by atoms with Crippen molar-refractivity contribution < 1.29 is 9.53 Å². The molecule has 0 bridgehead atoms. The molecule has 28 heavy (non-hydrogen) atoms. The van der Waals surface area contributed by atoms with Gasteiger partial charge < -0.3 is 10.1 Å². The van der Waals surface area contributed by atoms with E-state index in [1.54, 1.807) is 36.0 Å². The zero-order chi connectivity index (χ0) is 19.8. The van der Waals surface area contributed by atoms with Gasteiger partial charge in [-0.15, -0.1) is 11.8 Å². The van der Waals surface area contributed by atoms with E-state index >= 15 is 0 Å². The molecule has 5 heteroatoms. The maximum atomic E-state index is 12.6. The maximum Gasteiger partial charge on any atom is 0.265 e. The predicted molar refractivity (Wildman–Crippen MR) is 117 cm³/mol. The third-order valence-electron chi connectivity index (χ3n) is 4.11. The first kappa shape index (κ1) is 20.3. The Morgan fingerprint density at radius 1 is 1.04 bits per heavy atom. The van der Waals surface area contributed by atoms with Crippen LogP contribution in [0.25, 0.3) is 0 Å². The molecule has 3 rings (SSSR count). The standard InChI is InChI=1S/C23H22ClNO2S/c1-2-22(27-20-8-6-7-18(24)15-20)23(26)25-19-13-11-17(12-14-19)16-28-21-9-4-3-5-10-21/h3-15,22H,2,16H2,1H3,(H,25,26)/t22-/m1/s1. The predicted octanol–water partition coefficient (Wildman–Crippen LogP) is 6.43. The van der Waals surface area contributed by atoms with Crippen molar-refractivity contribution in [2.45, 2.75) is 30.1 Å². The molecule has 0 radical (unpaired) electrons. The van der Waals surface area contributed by atoms with Gasteiger partial charge in [0.25, 0.3) is 5.91 Å². The summed E-state index contributed by atoms with van der Waals surface area (Å²) in [4.78, 5) is 13.8. The van der Waals surface area contributed by atoms with E-state index < -0.39 is 6.10 Å². The van der Waals surface area contributed by atoms with Crippen LogP contribution in [0.3, 0.4) is 0 Å². The number of hydrogen-bond donors (Lipinski definition) is 1. The van der Waals surface area contributed by atoms with E-state index in [1.165, 1.54) is 10.5 Å². The topological polar surface area (TPSA) is 38.3 Å². The number of carbonyl (C=O) groups excluding carboxylic acids is 1. The Labute approximate surface area is 175 Å². The largest absolute Gasteiger partial charge is 0.481 e. The van der Waals surface area contributed by atoms with Crippen LogP contribution in [0.2, 0.25) is 5.02 Å². The lowest BCUT2D eigenvalue weighted by molar-refractivity contribution is -0.122. The van der Waals surface area contributed by atoms with E-state index in [-0.39, 0.29) is 5.91 Å². The number of anilines is 1. The van der Waals surface area contributed by atoms with Gasteiger partial charge in [0.1, 0.15) is 5.75 Å². The zero-order valence-electron chi connectivity index (χ0n) is 15.6. The summed E-state index contributed by atoms with van der Waals surface area (Å²) >= 11 is 7.76. The molecular formula is C23H22ClNO2S. The summed E-state index contributed by atoms with van der Waals surface area (Å²) < 4.78 is 5.79. The fraction of sp³-hybridized carbons (Fsp3) is 0.174. The lowest BCUT2D eigenvalue weighted by Crippen LogP contribution is -2.32. The highest BCUT2D eigenvalue weighted by atomic mass is 35.5. The minimum Gasteiger partial charge on any atom is -0.481 e. The highest BCUT2D eigenvalue weighted by Gasteiger charge is 2.18. The number of halogens is 1. The van der Waals surface area contributed by atoms with Crippen molar-refractivity contribution in [2.24, 2.45) is 0 Å². The van der Waals surface area contributed by atoms with E-state index in [1.807, 2.05) is 49.4 Å². The summed E-state index contributed by atoms with van der Waals surface area (Å²) in [6, 6.07) is 25.3. The molecule has 1 N–H and O–H groups in total. The summed E-state index contributed by atoms with van der Waals surface area (Å²) in [6.45, 7) is 1.92. The van der Waals surface area contributed by atoms with Crippen LogP contribution in [0.1, 0.15) is 18.9 Å². The molecule has 3 aromatic carbocycles. The average Bonchev–Trinajstić information content (AvgIpc) is 2.72. The quantitative estimate of drug-likeness (QED) is 0.434. The molecule has 0 heterocycles. The lowest BCUT2D eigenvalue weighted by atomic mass is 10.2. The van der Waals surface area contributed by atoms with Crippen molar-refractivity contribution in [1.29, 1.82) is 0 Å². The van der Waals surface area contributed by atoms with Gasteiger partial charge in [0.2, 0.25) is 0 Å². The Kier molecular flexibility index (Phi) is 7.40. The Hall–Kier alpha value is -2.43. The molecule has 0 spiro atoms. The number of hydrogen-bond acceptors (Lipinski definition) is 3. The van der Waals surface area contributed by atoms with Gasteiger partial charge in [-0.25, -0.2) is 0 Å². The Balaban J connectivity index is 1.55. The molecule has 0 fully saturated rings. The third-order valence-corrected chi connectivity index (χ3v) is 5.43. The summed E-state index contributed by atoms with van der Waals surface area (Å²) in [5, 5.41) is 3.51. The molecule has 144 valence electrons. The van der Waals surface area contributed by atoms with Gasteiger partial charge in [-0.2, -0.15) is 0 Å². The molecule has 0 aliphatic rings. The van der Waals surface area contributed by atoms with Gasteiger partial charge in [0.15, 0.2) is 6.10 Å². The average molecular weight is 412 g/mol. The maximum absolute atomic E-state index is 12.6. The second-order valence-corrected chi connectivity index (χ2v) is 7.75. The molecule has 0 saturated carbocycles. The highest BCUT2D eigenvalue weighted by Crippen LogP contribution is 2.23. The molecule has 0 aliphatic carbocycles. The molecular weight excluding hydrogens is 390 g/mol. The Morgan fingerprint density at radius 2 is 1.79 bits per heavy atom. The van der Waals surface area contributed by atoms with Gasteiger partial charge in [-0.3, -0.25) is 4.79 Å². The smallest absolute Gasteiger partial charge is 0.265 e. The minimum atomic E-state index is -0.577. The van der Waals surface area contributed by atoms with Crippen LogP contribution >= 0.6 is 23.4 Å². The normalized spacial score (nSPS) is 11.6. The molecule has 0 aliphatic heterocycles. The van der Waals surface area contributed by atoms with Crippen molar-refractivity contribution in [3.8, 4) is 5.75 Å². The summed E-state index contributed by atoms with van der Waals surface area (Å²) in [7, 11) is 0. The van der Waals surface area contributed by atoms with E-state index in [2.05, 4.69) is 17.4 Å². The number of amides is 1. The summed E-state index contributed by atoms with van der Waals surface area (Å²) in [6.07, 6.45) is -0.0174. The number of ether oxygens (including phenoxy) is 1. The SMILES string of the molecule is CC[C@@H](Oc1cccc(Cl)c1)C(=O)Nc1ccc(CSc2ccccc2)cc1. The number of nitrogens with one attached hydrogen (secondary N) is 1. The fourth-order valence-corrected chi connectivity index (χ4v) is 3.67. The molecule has 0 aromatic heterocycles. The summed E-state index contributed by atoms with van der Waals surface area (Å²) in [5.41, 5.74) is 1.96. The van der Waals surface area contributed by atoms with E-state index in [0.29, 0.717) is 17.2 Å². The number of rotatable bonds is 8. The zero-order valence-corrected chi connectivity index (χ0v) is 17.2. The third kappa shape index (κ3) is 6.04. The van der Waals surface area contributed by atoms with Crippen LogP contribution in [-0.2, 0) is 10.5 Å². The first-order valence-electron chi connectivity index (χ1n) is 9.14. The molecule has 0 unspecified atom stereocenters. The fourth-order valence-electron chi connectivity index (χ4n) is 2.62. The van der Waals surface area contributed by atoms with Crippen molar-refractivity contribution in [3.63, 3.8) is 0 Å². The van der Waals surface area contributed by atoms with Crippen molar-refractivity contribution >= 4 is 35.0 Å². The van der Waals surface area contributed by atoms with Gasteiger partial charge in [-0.05, 0) is 54.4 Å². The van der Waals surface area contributed by atoms with Gasteiger partial charge in [0.05, 0.1) is 0 Å². The minimum absolute atomic E-state index is 0.172. The monoisotopic (exact) mass is 411 g/mol. The second-order valence-electron chi connectivity index (χ2n) is 6.26. The molecule has 0 saturated heterocycles. The van der Waals surface area contributed by atoms with Crippen LogP contribution in [0.5, 0.6) is 5.75 Å². The van der Waals surface area contributed by atoms with E-state index in [0.717, 1.165) is 11.4 Å². The molecule has 3 aromatic rings. The van der Waals surface area contributed by atoms with Gasteiger partial charge >= 0.3 is 0 Å². The van der Waals surface area contributed by atoms with Crippen LogP contribution in [-0.4, -0.2) is 12.0 Å². The van der Waals surface area contributed by atoms with Crippen LogP contribution in [0, 0.1) is 0 Å². The number of benzene rings is 3. The highest BCUT2D eigenvalue weighted by molar-refractivity contribution is 7.98. The first-order chi connectivity index (χ1) is 13.6. The first-order valence-corrected chi connectivity index (χ1v) is 10.5. The molecule has 3 nitrogen and oxygen atoms in total. The van der Waals surface area contributed by atoms with E-state index in [9.17, 15) is 4.79 Å². The number of thioether (sulfide) groups is 1. The van der Waals surface area contributed by atoms with Gasteiger partial charge in [-0.1, -0.05) is 54.9 Å². The Bertz CT molecular complexity index is 900.